The van der Waals surface area contributed by atoms with E-state index in [1.54, 1.807) is 11.3 Å². The summed E-state index contributed by atoms with van der Waals surface area (Å²) < 4.78 is 0. The van der Waals surface area contributed by atoms with Gasteiger partial charge in [0.1, 0.15) is 0 Å². The van der Waals surface area contributed by atoms with Gasteiger partial charge in [0.05, 0.1) is 11.2 Å². The topological polar surface area (TPSA) is 28.2 Å². The van der Waals surface area contributed by atoms with E-state index in [4.69, 9.17) is 0 Å². The van der Waals surface area contributed by atoms with E-state index in [2.05, 4.69) is 34.6 Å². The van der Waals surface area contributed by atoms with E-state index >= 15 is 0 Å². The highest BCUT2D eigenvalue weighted by molar-refractivity contribution is 7.07. The molecule has 2 saturated heterocycles. The van der Waals surface area contributed by atoms with Crippen LogP contribution in [-0.4, -0.2) is 35.1 Å². The van der Waals surface area contributed by atoms with Crippen molar-refractivity contribution in [3.63, 3.8) is 0 Å². The molecule has 0 spiro atoms. The van der Waals surface area contributed by atoms with Crippen LogP contribution in [0.1, 0.15) is 50.8 Å². The molecule has 0 radical (unpaired) electrons. The third kappa shape index (κ3) is 2.46. The Morgan fingerprint density at radius 2 is 2.11 bits per heavy atom. The van der Waals surface area contributed by atoms with Crippen LogP contribution in [-0.2, 0) is 0 Å². The molecule has 3 atom stereocenters. The highest BCUT2D eigenvalue weighted by atomic mass is 32.1. The highest BCUT2D eigenvalue weighted by Crippen LogP contribution is 2.33. The maximum absolute atomic E-state index is 4.41. The molecule has 0 saturated carbocycles. The second-order valence-corrected chi connectivity index (χ2v) is 6.59. The van der Waals surface area contributed by atoms with Crippen LogP contribution in [0.15, 0.2) is 10.9 Å². The highest BCUT2D eigenvalue weighted by Gasteiger charge is 2.36. The Labute approximate surface area is 114 Å². The average molecular weight is 265 g/mol. The number of nitrogens with one attached hydrogen (secondary N) is 1. The van der Waals surface area contributed by atoms with Crippen molar-refractivity contribution < 1.29 is 0 Å². The molecule has 1 N–H and O–H groups in total. The number of rotatable bonds is 3. The lowest BCUT2D eigenvalue weighted by Gasteiger charge is -2.47. The summed E-state index contributed by atoms with van der Waals surface area (Å²) in [4.78, 5) is 7.03. The minimum Gasteiger partial charge on any atom is -0.306 e. The summed E-state index contributed by atoms with van der Waals surface area (Å²) in [5.74, 6) is 0. The van der Waals surface area contributed by atoms with Gasteiger partial charge in [-0.1, -0.05) is 6.42 Å². The molecular weight excluding hydrogens is 242 g/mol. The summed E-state index contributed by atoms with van der Waals surface area (Å²) in [6.07, 6.45) is 6.81. The van der Waals surface area contributed by atoms with Crippen molar-refractivity contribution in [2.75, 3.05) is 7.05 Å². The number of hydrogen-bond donors (Lipinski definition) is 1. The number of piperidine rings is 2. The molecule has 3 nitrogen and oxygen atoms in total. The first-order valence-corrected chi connectivity index (χ1v) is 8.04. The number of thiazole rings is 1. The SMILES string of the molecule is CC(NC1CC2CCCC(C1)N2C)c1cscn1. The van der Waals surface area contributed by atoms with Crippen molar-refractivity contribution in [1.29, 1.82) is 0 Å². The van der Waals surface area contributed by atoms with Crippen molar-refractivity contribution in [2.24, 2.45) is 0 Å². The van der Waals surface area contributed by atoms with Crippen molar-refractivity contribution >= 4 is 11.3 Å². The number of nitrogens with zero attached hydrogens (tertiary/aromatic N) is 2. The van der Waals surface area contributed by atoms with Crippen molar-refractivity contribution in [1.82, 2.24) is 15.2 Å². The van der Waals surface area contributed by atoms with Crippen molar-refractivity contribution in [3.8, 4) is 0 Å². The van der Waals surface area contributed by atoms with Crippen LogP contribution in [0.2, 0.25) is 0 Å². The van der Waals surface area contributed by atoms with E-state index in [1.165, 1.54) is 37.8 Å². The molecule has 2 fully saturated rings. The van der Waals surface area contributed by atoms with Crippen LogP contribution in [0, 0.1) is 0 Å². The lowest BCUT2D eigenvalue weighted by molar-refractivity contribution is 0.0462. The first kappa shape index (κ1) is 12.6. The molecule has 3 rings (SSSR count). The van der Waals surface area contributed by atoms with Crippen LogP contribution in [0.4, 0.5) is 0 Å². The summed E-state index contributed by atoms with van der Waals surface area (Å²) >= 11 is 1.69. The number of hydrogen-bond acceptors (Lipinski definition) is 4. The van der Waals surface area contributed by atoms with Gasteiger partial charge < -0.3 is 10.2 Å². The molecule has 0 aliphatic carbocycles. The average Bonchev–Trinajstić information content (AvgIpc) is 2.84. The molecule has 4 heteroatoms. The van der Waals surface area contributed by atoms with Crippen LogP contribution in [0.25, 0.3) is 0 Å². The lowest BCUT2D eigenvalue weighted by atomic mass is 9.82. The van der Waals surface area contributed by atoms with Gasteiger partial charge in [0.25, 0.3) is 0 Å². The fourth-order valence-electron chi connectivity index (χ4n) is 3.63. The van der Waals surface area contributed by atoms with Crippen LogP contribution >= 0.6 is 11.3 Å². The van der Waals surface area contributed by atoms with Crippen LogP contribution in [0.5, 0.6) is 0 Å². The summed E-state index contributed by atoms with van der Waals surface area (Å²) in [7, 11) is 2.31. The first-order chi connectivity index (χ1) is 8.74. The quantitative estimate of drug-likeness (QED) is 0.911. The van der Waals surface area contributed by atoms with Crippen LogP contribution < -0.4 is 5.32 Å². The standard InChI is InChI=1S/C14H23N3S/c1-10(14-8-18-9-15-14)16-11-6-12-4-3-5-13(7-11)17(12)2/h8-13,16H,3-7H2,1-2H3. The Hall–Kier alpha value is -0.450. The molecule has 3 unspecified atom stereocenters. The predicted molar refractivity (Wildman–Crippen MR) is 75.9 cm³/mol. The van der Waals surface area contributed by atoms with E-state index in [1.807, 2.05) is 5.51 Å². The van der Waals surface area contributed by atoms with Gasteiger partial charge >= 0.3 is 0 Å². The molecule has 1 aromatic rings. The van der Waals surface area contributed by atoms with Crippen molar-refractivity contribution in [3.05, 3.63) is 16.6 Å². The maximum Gasteiger partial charge on any atom is 0.0795 e. The minimum atomic E-state index is 0.394. The summed E-state index contributed by atoms with van der Waals surface area (Å²) in [5.41, 5.74) is 3.13. The van der Waals surface area contributed by atoms with E-state index in [0.717, 1.165) is 12.1 Å². The van der Waals surface area contributed by atoms with Crippen molar-refractivity contribution in [2.45, 2.75) is 63.2 Å². The molecule has 18 heavy (non-hydrogen) atoms. The molecule has 2 bridgehead atoms. The zero-order chi connectivity index (χ0) is 12.5. The zero-order valence-corrected chi connectivity index (χ0v) is 12.1. The van der Waals surface area contributed by atoms with Gasteiger partial charge in [-0.3, -0.25) is 0 Å². The van der Waals surface area contributed by atoms with Gasteiger partial charge in [-0.15, -0.1) is 11.3 Å². The van der Waals surface area contributed by atoms with Gasteiger partial charge in [-0.25, -0.2) is 4.98 Å². The first-order valence-electron chi connectivity index (χ1n) is 7.10. The minimum absolute atomic E-state index is 0.394. The maximum atomic E-state index is 4.41. The third-order valence-electron chi connectivity index (χ3n) is 4.72. The summed E-state index contributed by atoms with van der Waals surface area (Å²) in [5, 5.41) is 5.95. The monoisotopic (exact) mass is 265 g/mol. The molecule has 2 aliphatic rings. The van der Waals surface area contributed by atoms with Crippen LogP contribution in [0.3, 0.4) is 0 Å². The van der Waals surface area contributed by atoms with E-state index in [9.17, 15) is 0 Å². The van der Waals surface area contributed by atoms with Gasteiger partial charge in [-0.2, -0.15) is 0 Å². The Bertz CT molecular complexity index is 364. The Morgan fingerprint density at radius 3 is 2.72 bits per heavy atom. The molecule has 2 aliphatic heterocycles. The van der Waals surface area contributed by atoms with E-state index in [-0.39, 0.29) is 0 Å². The molecule has 100 valence electrons. The number of fused-ring (bicyclic) bond motifs is 2. The second-order valence-electron chi connectivity index (χ2n) is 5.87. The Morgan fingerprint density at radius 1 is 1.39 bits per heavy atom. The largest absolute Gasteiger partial charge is 0.306 e. The number of aromatic nitrogens is 1. The molecule has 3 heterocycles. The van der Waals surface area contributed by atoms with Gasteiger partial charge in [0, 0.05) is 29.5 Å². The molecule has 0 aromatic carbocycles. The molecular formula is C14H23N3S. The Balaban J connectivity index is 1.61. The molecule has 0 amide bonds. The second kappa shape index (κ2) is 5.27. The third-order valence-corrected chi connectivity index (χ3v) is 5.33. The van der Waals surface area contributed by atoms with Gasteiger partial charge in [0.2, 0.25) is 0 Å². The molecule has 1 aromatic heterocycles. The zero-order valence-electron chi connectivity index (χ0n) is 11.3. The predicted octanol–water partition coefficient (Wildman–Crippen LogP) is 2.81. The fraction of sp³-hybridized carbons (Fsp3) is 0.786. The summed E-state index contributed by atoms with van der Waals surface area (Å²) in [6, 6.07) is 2.67. The van der Waals surface area contributed by atoms with E-state index in [0.29, 0.717) is 12.1 Å². The lowest BCUT2D eigenvalue weighted by Crippen LogP contribution is -2.54. The summed E-state index contributed by atoms with van der Waals surface area (Å²) in [6.45, 7) is 2.24. The Kier molecular flexibility index (Phi) is 3.68. The van der Waals surface area contributed by atoms with Gasteiger partial charge in [-0.05, 0) is 39.7 Å². The van der Waals surface area contributed by atoms with Gasteiger partial charge in [0.15, 0.2) is 0 Å². The van der Waals surface area contributed by atoms with E-state index < -0.39 is 0 Å². The smallest absolute Gasteiger partial charge is 0.0795 e. The fourth-order valence-corrected chi connectivity index (χ4v) is 4.27. The normalized spacial score (nSPS) is 34.4.